The standard InChI is InChI=1S/C10H19N3O4/c1-8(9(14)15)12-10(16)11-2-3-13-4-6-17-7-5-13/h8H,2-7H2,1H3,(H,14,15)(H2,11,12,16). The number of hydrogen-bond acceptors (Lipinski definition) is 4. The molecule has 1 saturated heterocycles. The van der Waals surface area contributed by atoms with Crippen LogP contribution < -0.4 is 10.6 Å². The maximum absolute atomic E-state index is 11.3. The first-order chi connectivity index (χ1) is 8.09. The van der Waals surface area contributed by atoms with Crippen molar-refractivity contribution in [3.05, 3.63) is 0 Å². The summed E-state index contributed by atoms with van der Waals surface area (Å²) in [6.45, 7) is 5.86. The molecule has 1 rings (SSSR count). The molecular formula is C10H19N3O4. The van der Waals surface area contributed by atoms with Crippen molar-refractivity contribution in [3.63, 3.8) is 0 Å². The van der Waals surface area contributed by atoms with Gasteiger partial charge in [-0.15, -0.1) is 0 Å². The fourth-order valence-corrected chi connectivity index (χ4v) is 1.46. The normalized spacial score (nSPS) is 18.4. The third kappa shape index (κ3) is 5.50. The van der Waals surface area contributed by atoms with E-state index in [0.29, 0.717) is 6.54 Å². The van der Waals surface area contributed by atoms with Crippen LogP contribution in [0.5, 0.6) is 0 Å². The molecule has 2 amide bonds. The van der Waals surface area contributed by atoms with E-state index in [0.717, 1.165) is 32.8 Å². The third-order valence-corrected chi connectivity index (χ3v) is 2.54. The van der Waals surface area contributed by atoms with E-state index < -0.39 is 18.0 Å². The van der Waals surface area contributed by atoms with Crippen molar-refractivity contribution in [2.75, 3.05) is 39.4 Å². The quantitative estimate of drug-likeness (QED) is 0.583. The van der Waals surface area contributed by atoms with Crippen molar-refractivity contribution in [3.8, 4) is 0 Å². The van der Waals surface area contributed by atoms with Crippen molar-refractivity contribution in [1.82, 2.24) is 15.5 Å². The zero-order valence-corrected chi connectivity index (χ0v) is 9.94. The number of urea groups is 1. The van der Waals surface area contributed by atoms with Gasteiger partial charge < -0.3 is 20.5 Å². The van der Waals surface area contributed by atoms with Gasteiger partial charge in [0.2, 0.25) is 0 Å². The topological polar surface area (TPSA) is 90.9 Å². The minimum Gasteiger partial charge on any atom is -0.480 e. The van der Waals surface area contributed by atoms with Crippen LogP contribution in [0.3, 0.4) is 0 Å². The highest BCUT2D eigenvalue weighted by Gasteiger charge is 2.14. The smallest absolute Gasteiger partial charge is 0.325 e. The van der Waals surface area contributed by atoms with Crippen molar-refractivity contribution in [1.29, 1.82) is 0 Å². The van der Waals surface area contributed by atoms with Crippen LogP contribution >= 0.6 is 0 Å². The first-order valence-electron chi connectivity index (χ1n) is 5.67. The number of aliphatic carboxylic acids is 1. The van der Waals surface area contributed by atoms with E-state index >= 15 is 0 Å². The molecule has 17 heavy (non-hydrogen) atoms. The van der Waals surface area contributed by atoms with Gasteiger partial charge in [0.25, 0.3) is 0 Å². The molecule has 98 valence electrons. The molecule has 3 N–H and O–H groups in total. The van der Waals surface area contributed by atoms with E-state index in [1.807, 2.05) is 0 Å². The lowest BCUT2D eigenvalue weighted by atomic mass is 10.3. The summed E-state index contributed by atoms with van der Waals surface area (Å²) in [6, 6.07) is -1.33. The Labute approximate surface area is 100 Å². The number of ether oxygens (including phenoxy) is 1. The Morgan fingerprint density at radius 2 is 2.06 bits per heavy atom. The highest BCUT2D eigenvalue weighted by Crippen LogP contribution is 1.94. The van der Waals surface area contributed by atoms with Gasteiger partial charge in [-0.1, -0.05) is 0 Å². The lowest BCUT2D eigenvalue weighted by molar-refractivity contribution is -0.138. The molecule has 0 aromatic carbocycles. The molecule has 7 nitrogen and oxygen atoms in total. The Morgan fingerprint density at radius 1 is 1.41 bits per heavy atom. The third-order valence-electron chi connectivity index (χ3n) is 2.54. The van der Waals surface area contributed by atoms with Gasteiger partial charge in [-0.05, 0) is 6.92 Å². The summed E-state index contributed by atoms with van der Waals surface area (Å²) in [6.07, 6.45) is 0. The van der Waals surface area contributed by atoms with Crippen molar-refractivity contribution >= 4 is 12.0 Å². The number of morpholine rings is 1. The monoisotopic (exact) mass is 245 g/mol. The van der Waals surface area contributed by atoms with E-state index in [4.69, 9.17) is 9.84 Å². The molecule has 1 fully saturated rings. The maximum atomic E-state index is 11.3. The number of nitrogens with one attached hydrogen (secondary N) is 2. The Kier molecular flexibility index (Phi) is 5.71. The maximum Gasteiger partial charge on any atom is 0.325 e. The molecule has 1 atom stereocenters. The summed E-state index contributed by atoms with van der Waals surface area (Å²) in [5.74, 6) is -1.05. The van der Waals surface area contributed by atoms with Crippen molar-refractivity contribution in [2.45, 2.75) is 13.0 Å². The summed E-state index contributed by atoms with van der Waals surface area (Å²) in [4.78, 5) is 23.9. The number of carbonyl (C=O) groups excluding carboxylic acids is 1. The summed E-state index contributed by atoms with van der Waals surface area (Å²) in [7, 11) is 0. The van der Waals surface area contributed by atoms with Gasteiger partial charge in [-0.3, -0.25) is 9.69 Å². The molecule has 0 spiro atoms. The molecule has 0 aliphatic carbocycles. The van der Waals surface area contributed by atoms with Crippen LogP contribution in [-0.2, 0) is 9.53 Å². The molecule has 0 aromatic heterocycles. The lowest BCUT2D eigenvalue weighted by Gasteiger charge is -2.26. The fraction of sp³-hybridized carbons (Fsp3) is 0.800. The van der Waals surface area contributed by atoms with Gasteiger partial charge in [-0.2, -0.15) is 0 Å². The zero-order chi connectivity index (χ0) is 12.7. The van der Waals surface area contributed by atoms with Crippen molar-refractivity contribution < 1.29 is 19.4 Å². The number of carboxylic acids is 1. The number of amides is 2. The molecule has 0 aromatic rings. The van der Waals surface area contributed by atoms with E-state index in [2.05, 4.69) is 15.5 Å². The molecule has 0 radical (unpaired) electrons. The van der Waals surface area contributed by atoms with Gasteiger partial charge in [0, 0.05) is 26.2 Å². The Balaban J connectivity index is 2.09. The summed E-state index contributed by atoms with van der Waals surface area (Å²) >= 11 is 0. The highest BCUT2D eigenvalue weighted by molar-refractivity contribution is 5.82. The van der Waals surface area contributed by atoms with Crippen LogP contribution in [0.15, 0.2) is 0 Å². The van der Waals surface area contributed by atoms with E-state index in [-0.39, 0.29) is 0 Å². The second-order valence-corrected chi connectivity index (χ2v) is 3.91. The second kappa shape index (κ2) is 7.08. The Morgan fingerprint density at radius 3 is 2.65 bits per heavy atom. The lowest BCUT2D eigenvalue weighted by Crippen LogP contribution is -2.47. The predicted molar refractivity (Wildman–Crippen MR) is 60.9 cm³/mol. The molecule has 0 saturated carbocycles. The van der Waals surface area contributed by atoms with Crippen LogP contribution in [-0.4, -0.2) is 67.4 Å². The van der Waals surface area contributed by atoms with Crippen LogP contribution in [0.4, 0.5) is 4.79 Å². The predicted octanol–water partition coefficient (Wildman–Crippen LogP) is -0.909. The molecule has 0 bridgehead atoms. The van der Waals surface area contributed by atoms with Gasteiger partial charge >= 0.3 is 12.0 Å². The molecule has 7 heteroatoms. The summed E-state index contributed by atoms with van der Waals surface area (Å²) in [5.41, 5.74) is 0. The minimum atomic E-state index is -1.05. The second-order valence-electron chi connectivity index (χ2n) is 3.91. The number of carbonyl (C=O) groups is 2. The molecule has 1 unspecified atom stereocenters. The van der Waals surface area contributed by atoms with Crippen LogP contribution in [0.25, 0.3) is 0 Å². The average molecular weight is 245 g/mol. The van der Waals surface area contributed by atoms with Gasteiger partial charge in [0.05, 0.1) is 13.2 Å². The zero-order valence-electron chi connectivity index (χ0n) is 9.94. The van der Waals surface area contributed by atoms with Crippen molar-refractivity contribution in [2.24, 2.45) is 0 Å². The highest BCUT2D eigenvalue weighted by atomic mass is 16.5. The number of hydrogen-bond donors (Lipinski definition) is 3. The van der Waals surface area contributed by atoms with Crippen LogP contribution in [0, 0.1) is 0 Å². The Bertz CT molecular complexity index is 266. The Hall–Kier alpha value is -1.34. The number of nitrogens with zero attached hydrogens (tertiary/aromatic N) is 1. The summed E-state index contributed by atoms with van der Waals surface area (Å²) < 4.78 is 5.20. The summed E-state index contributed by atoms with van der Waals surface area (Å²) in [5, 5.41) is 13.5. The number of carboxylic acid groups (broad SMARTS) is 1. The SMILES string of the molecule is CC(NC(=O)NCCN1CCOCC1)C(=O)O. The molecule has 1 aliphatic heterocycles. The first-order valence-corrected chi connectivity index (χ1v) is 5.67. The fourth-order valence-electron chi connectivity index (χ4n) is 1.46. The van der Waals surface area contributed by atoms with Gasteiger partial charge in [0.1, 0.15) is 6.04 Å². The van der Waals surface area contributed by atoms with E-state index in [9.17, 15) is 9.59 Å². The molecule has 1 aliphatic rings. The van der Waals surface area contributed by atoms with E-state index in [1.165, 1.54) is 6.92 Å². The average Bonchev–Trinajstić information content (AvgIpc) is 2.30. The van der Waals surface area contributed by atoms with Gasteiger partial charge in [-0.25, -0.2) is 4.79 Å². The largest absolute Gasteiger partial charge is 0.480 e. The van der Waals surface area contributed by atoms with Crippen LogP contribution in [0.2, 0.25) is 0 Å². The molecule has 1 heterocycles. The van der Waals surface area contributed by atoms with E-state index in [1.54, 1.807) is 0 Å². The molecular weight excluding hydrogens is 226 g/mol. The first kappa shape index (κ1) is 13.7. The number of rotatable bonds is 5. The minimum absolute atomic E-state index is 0.451. The van der Waals surface area contributed by atoms with Crippen LogP contribution in [0.1, 0.15) is 6.92 Å². The van der Waals surface area contributed by atoms with Gasteiger partial charge in [0.15, 0.2) is 0 Å².